The molecule has 0 amide bonds. The summed E-state index contributed by atoms with van der Waals surface area (Å²) in [6.45, 7) is 3.49. The Hall–Kier alpha value is -1.72. The minimum atomic E-state index is -0.429. The average molecular weight is 295 g/mol. The molecule has 1 atom stereocenters. The standard InChI is InChI=1S/C16H19F2NO2/c1-12(15-10-13(17)5-6-16(15)18)19-7-3-8-20-11-14-4-2-9-21-14/h2,4-6,9-10,12,19H,3,7-8,11H2,1H3. The fourth-order valence-corrected chi connectivity index (χ4v) is 2.02. The van der Waals surface area contributed by atoms with Crippen molar-refractivity contribution in [2.45, 2.75) is 26.0 Å². The SMILES string of the molecule is CC(NCCCOCc1ccco1)c1cc(F)ccc1F. The Kier molecular flexibility index (Phi) is 5.90. The molecule has 21 heavy (non-hydrogen) atoms. The molecule has 0 fully saturated rings. The maximum absolute atomic E-state index is 13.6. The van der Waals surface area contributed by atoms with Gasteiger partial charge >= 0.3 is 0 Å². The summed E-state index contributed by atoms with van der Waals surface area (Å²) in [5.41, 5.74) is 0.339. The van der Waals surface area contributed by atoms with E-state index in [0.29, 0.717) is 25.3 Å². The summed E-state index contributed by atoms with van der Waals surface area (Å²) in [5, 5.41) is 3.15. The topological polar surface area (TPSA) is 34.4 Å². The van der Waals surface area contributed by atoms with Gasteiger partial charge in [0.15, 0.2) is 0 Å². The zero-order chi connectivity index (χ0) is 15.1. The van der Waals surface area contributed by atoms with E-state index in [1.54, 1.807) is 6.26 Å². The highest BCUT2D eigenvalue weighted by molar-refractivity contribution is 5.21. The molecule has 0 spiro atoms. The van der Waals surface area contributed by atoms with Gasteiger partial charge in [0.25, 0.3) is 0 Å². The van der Waals surface area contributed by atoms with Crippen molar-refractivity contribution in [2.75, 3.05) is 13.2 Å². The molecule has 1 aromatic carbocycles. The third-order valence-electron chi connectivity index (χ3n) is 3.16. The Morgan fingerprint density at radius 3 is 2.90 bits per heavy atom. The van der Waals surface area contributed by atoms with Crippen LogP contribution in [0.15, 0.2) is 41.0 Å². The van der Waals surface area contributed by atoms with E-state index in [-0.39, 0.29) is 6.04 Å². The molecule has 0 radical (unpaired) electrons. The maximum Gasteiger partial charge on any atom is 0.129 e. The van der Waals surface area contributed by atoms with Crippen molar-refractivity contribution in [1.29, 1.82) is 0 Å². The van der Waals surface area contributed by atoms with Crippen LogP contribution >= 0.6 is 0 Å². The van der Waals surface area contributed by atoms with Crippen molar-refractivity contribution >= 4 is 0 Å². The van der Waals surface area contributed by atoms with Gasteiger partial charge < -0.3 is 14.5 Å². The number of ether oxygens (including phenoxy) is 1. The Morgan fingerprint density at radius 1 is 1.29 bits per heavy atom. The first-order chi connectivity index (χ1) is 10.2. The number of hydrogen-bond acceptors (Lipinski definition) is 3. The molecule has 0 aliphatic carbocycles. The first-order valence-electron chi connectivity index (χ1n) is 6.95. The Balaban J connectivity index is 1.65. The smallest absolute Gasteiger partial charge is 0.129 e. The van der Waals surface area contributed by atoms with Crippen molar-refractivity contribution in [3.8, 4) is 0 Å². The Bertz CT molecular complexity index is 543. The van der Waals surface area contributed by atoms with Gasteiger partial charge in [-0.1, -0.05) is 0 Å². The molecule has 1 N–H and O–H groups in total. The molecule has 0 aliphatic heterocycles. The number of rotatable bonds is 8. The molecule has 2 aromatic rings. The molecule has 1 unspecified atom stereocenters. The molecular formula is C16H19F2NO2. The van der Waals surface area contributed by atoms with E-state index in [2.05, 4.69) is 5.32 Å². The van der Waals surface area contributed by atoms with Gasteiger partial charge in [0.1, 0.15) is 24.0 Å². The van der Waals surface area contributed by atoms with Gasteiger partial charge in [0.05, 0.1) is 6.26 Å². The molecular weight excluding hydrogens is 276 g/mol. The summed E-state index contributed by atoms with van der Waals surface area (Å²) < 4.78 is 37.3. The molecule has 2 rings (SSSR count). The van der Waals surface area contributed by atoms with Gasteiger partial charge in [-0.3, -0.25) is 0 Å². The third-order valence-corrected chi connectivity index (χ3v) is 3.16. The highest BCUT2D eigenvalue weighted by Crippen LogP contribution is 2.17. The zero-order valence-corrected chi connectivity index (χ0v) is 11.9. The van der Waals surface area contributed by atoms with E-state index in [4.69, 9.17) is 9.15 Å². The number of furan rings is 1. The summed E-state index contributed by atoms with van der Waals surface area (Å²) in [4.78, 5) is 0. The minimum Gasteiger partial charge on any atom is -0.467 e. The highest BCUT2D eigenvalue weighted by atomic mass is 19.1. The monoisotopic (exact) mass is 295 g/mol. The summed E-state index contributed by atoms with van der Waals surface area (Å²) in [5.74, 6) is -0.0366. The minimum absolute atomic E-state index is 0.245. The van der Waals surface area contributed by atoms with Crippen molar-refractivity contribution < 1.29 is 17.9 Å². The predicted octanol–water partition coefficient (Wildman–Crippen LogP) is 3.82. The fraction of sp³-hybridized carbons (Fsp3) is 0.375. The van der Waals surface area contributed by atoms with Crippen LogP contribution in [-0.2, 0) is 11.3 Å². The van der Waals surface area contributed by atoms with Gasteiger partial charge in [-0.05, 0) is 50.2 Å². The van der Waals surface area contributed by atoms with Crippen LogP contribution in [0.25, 0.3) is 0 Å². The second-order valence-corrected chi connectivity index (χ2v) is 4.83. The lowest BCUT2D eigenvalue weighted by atomic mass is 10.1. The quantitative estimate of drug-likeness (QED) is 0.752. The predicted molar refractivity (Wildman–Crippen MR) is 75.8 cm³/mol. The average Bonchev–Trinajstić information content (AvgIpc) is 2.98. The first kappa shape index (κ1) is 15.7. The number of hydrogen-bond donors (Lipinski definition) is 1. The summed E-state index contributed by atoms with van der Waals surface area (Å²) in [6.07, 6.45) is 2.39. The van der Waals surface area contributed by atoms with E-state index < -0.39 is 11.6 Å². The Labute approximate surface area is 122 Å². The van der Waals surface area contributed by atoms with Crippen LogP contribution in [0.5, 0.6) is 0 Å². The summed E-state index contributed by atoms with van der Waals surface area (Å²) in [7, 11) is 0. The maximum atomic E-state index is 13.6. The molecule has 0 saturated carbocycles. The molecule has 3 nitrogen and oxygen atoms in total. The van der Waals surface area contributed by atoms with Gasteiger partial charge in [-0.2, -0.15) is 0 Å². The van der Waals surface area contributed by atoms with Crippen LogP contribution in [0.4, 0.5) is 8.78 Å². The first-order valence-corrected chi connectivity index (χ1v) is 6.95. The number of benzene rings is 1. The fourth-order valence-electron chi connectivity index (χ4n) is 2.02. The number of nitrogens with one attached hydrogen (secondary N) is 1. The van der Waals surface area contributed by atoms with Crippen LogP contribution < -0.4 is 5.32 Å². The van der Waals surface area contributed by atoms with E-state index >= 15 is 0 Å². The van der Waals surface area contributed by atoms with E-state index in [9.17, 15) is 8.78 Å². The van der Waals surface area contributed by atoms with Crippen LogP contribution in [0.1, 0.15) is 30.7 Å². The van der Waals surface area contributed by atoms with E-state index in [1.165, 1.54) is 6.07 Å². The molecule has 0 saturated heterocycles. The van der Waals surface area contributed by atoms with Gasteiger partial charge in [0, 0.05) is 18.2 Å². The molecule has 114 valence electrons. The third kappa shape index (κ3) is 4.95. The van der Waals surface area contributed by atoms with Crippen molar-refractivity contribution in [3.05, 3.63) is 59.6 Å². The van der Waals surface area contributed by atoms with Crippen LogP contribution in [0.3, 0.4) is 0 Å². The molecule has 1 aromatic heterocycles. The molecule has 0 aliphatic rings. The lowest BCUT2D eigenvalue weighted by Gasteiger charge is -2.15. The number of halogens is 2. The highest BCUT2D eigenvalue weighted by Gasteiger charge is 2.11. The second-order valence-electron chi connectivity index (χ2n) is 4.83. The van der Waals surface area contributed by atoms with Crippen LogP contribution in [0, 0.1) is 11.6 Å². The van der Waals surface area contributed by atoms with Gasteiger partial charge in [0.2, 0.25) is 0 Å². The van der Waals surface area contributed by atoms with Gasteiger partial charge in [-0.25, -0.2) is 8.78 Å². The van der Waals surface area contributed by atoms with Crippen LogP contribution in [-0.4, -0.2) is 13.2 Å². The molecule has 0 bridgehead atoms. The molecule has 5 heteroatoms. The molecule has 1 heterocycles. The summed E-state index contributed by atoms with van der Waals surface area (Å²) >= 11 is 0. The Morgan fingerprint density at radius 2 is 2.14 bits per heavy atom. The second kappa shape index (κ2) is 7.90. The lowest BCUT2D eigenvalue weighted by molar-refractivity contribution is 0.103. The van der Waals surface area contributed by atoms with E-state index in [1.807, 2.05) is 19.1 Å². The van der Waals surface area contributed by atoms with Crippen LogP contribution in [0.2, 0.25) is 0 Å². The van der Waals surface area contributed by atoms with Crippen molar-refractivity contribution in [2.24, 2.45) is 0 Å². The zero-order valence-electron chi connectivity index (χ0n) is 11.9. The lowest BCUT2D eigenvalue weighted by Crippen LogP contribution is -2.22. The normalized spacial score (nSPS) is 12.5. The summed E-state index contributed by atoms with van der Waals surface area (Å²) in [6, 6.07) is 6.91. The van der Waals surface area contributed by atoms with Crippen molar-refractivity contribution in [3.63, 3.8) is 0 Å². The largest absolute Gasteiger partial charge is 0.467 e. The van der Waals surface area contributed by atoms with Gasteiger partial charge in [-0.15, -0.1) is 0 Å². The van der Waals surface area contributed by atoms with Crippen molar-refractivity contribution in [1.82, 2.24) is 5.32 Å². The van der Waals surface area contributed by atoms with E-state index in [0.717, 1.165) is 24.3 Å².